The fourth-order valence-electron chi connectivity index (χ4n) is 5.81. The van der Waals surface area contributed by atoms with Gasteiger partial charge in [0.25, 0.3) is 0 Å². The topological polar surface area (TPSA) is 87.0 Å². The van der Waals surface area contributed by atoms with Crippen molar-refractivity contribution in [2.24, 2.45) is 0 Å². The van der Waals surface area contributed by atoms with Crippen molar-refractivity contribution in [2.45, 2.75) is 95.9 Å². The van der Waals surface area contributed by atoms with Crippen LogP contribution in [0.15, 0.2) is 36.7 Å². The number of nitrogens with zero attached hydrogens (tertiary/aromatic N) is 3. The van der Waals surface area contributed by atoms with Gasteiger partial charge in [-0.3, -0.25) is 0 Å². The molecule has 0 bridgehead atoms. The highest BCUT2D eigenvalue weighted by atomic mass is 16.3. The molecule has 2 unspecified atom stereocenters. The van der Waals surface area contributed by atoms with Crippen LogP contribution in [0.5, 0.6) is 0 Å². The lowest BCUT2D eigenvalue weighted by molar-refractivity contribution is 0.111. The zero-order valence-electron chi connectivity index (χ0n) is 21.8. The first-order chi connectivity index (χ1) is 17.6. The molecular formula is C29H42N6O. The lowest BCUT2D eigenvalue weighted by Crippen LogP contribution is -2.21. The second kappa shape index (κ2) is 11.6. The minimum Gasteiger partial charge on any atom is -0.393 e. The normalized spacial score (nSPS) is 23.8. The number of aliphatic hydroxyl groups excluding tert-OH is 1. The van der Waals surface area contributed by atoms with Crippen LogP contribution in [-0.2, 0) is 0 Å². The van der Waals surface area contributed by atoms with Crippen LogP contribution in [0.4, 0.5) is 11.6 Å². The Bertz CT molecular complexity index is 1110. The summed E-state index contributed by atoms with van der Waals surface area (Å²) in [4.78, 5) is 9.70. The quantitative estimate of drug-likeness (QED) is 0.323. The number of benzene rings is 1. The van der Waals surface area contributed by atoms with Gasteiger partial charge in [-0.25, -0.2) is 4.98 Å². The molecule has 7 heteroatoms. The fourth-order valence-corrected chi connectivity index (χ4v) is 5.81. The van der Waals surface area contributed by atoms with Crippen LogP contribution in [-0.4, -0.2) is 50.9 Å². The Kier molecular flexibility index (Phi) is 8.07. The van der Waals surface area contributed by atoms with Crippen molar-refractivity contribution >= 4 is 22.7 Å². The van der Waals surface area contributed by atoms with E-state index in [-0.39, 0.29) is 6.10 Å². The molecule has 3 heterocycles. The average Bonchev–Trinajstić information content (AvgIpc) is 3.06. The van der Waals surface area contributed by atoms with Crippen molar-refractivity contribution in [3.8, 4) is 11.1 Å². The van der Waals surface area contributed by atoms with E-state index in [2.05, 4.69) is 64.8 Å². The molecule has 1 saturated heterocycles. The molecule has 3 aromatic rings. The maximum atomic E-state index is 10.1. The molecule has 1 aromatic carbocycles. The molecule has 1 saturated carbocycles. The molecule has 0 radical (unpaired) electrons. The Morgan fingerprint density at radius 1 is 1.08 bits per heavy atom. The molecule has 36 heavy (non-hydrogen) atoms. The van der Waals surface area contributed by atoms with Gasteiger partial charge in [0.15, 0.2) is 0 Å². The van der Waals surface area contributed by atoms with Crippen LogP contribution >= 0.6 is 0 Å². The zero-order chi connectivity index (χ0) is 24.9. The number of hydrogen-bond donors (Lipinski definition) is 4. The Morgan fingerprint density at radius 3 is 2.67 bits per heavy atom. The van der Waals surface area contributed by atoms with Crippen LogP contribution in [0.25, 0.3) is 22.2 Å². The molecule has 0 spiro atoms. The molecule has 2 atom stereocenters. The van der Waals surface area contributed by atoms with Gasteiger partial charge in [0, 0.05) is 47.2 Å². The fraction of sp³-hybridized carbons (Fsp3) is 0.586. The summed E-state index contributed by atoms with van der Waals surface area (Å²) in [7, 11) is 0. The highest BCUT2D eigenvalue weighted by Crippen LogP contribution is 2.37. The number of aromatic nitrogens is 3. The molecule has 1 aliphatic carbocycles. The van der Waals surface area contributed by atoms with Crippen LogP contribution < -0.4 is 16.0 Å². The van der Waals surface area contributed by atoms with E-state index >= 15 is 0 Å². The number of nitrogens with one attached hydrogen (secondary N) is 3. The van der Waals surface area contributed by atoms with Gasteiger partial charge in [0.1, 0.15) is 5.65 Å². The van der Waals surface area contributed by atoms with Crippen molar-refractivity contribution in [3.05, 3.63) is 36.7 Å². The Labute approximate surface area is 215 Å². The molecule has 4 N–H and O–H groups in total. The molecular weight excluding hydrogens is 448 g/mol. The minimum absolute atomic E-state index is 0.173. The summed E-state index contributed by atoms with van der Waals surface area (Å²) in [5.74, 6) is 0.697. The summed E-state index contributed by atoms with van der Waals surface area (Å²) in [5.41, 5.74) is 4.53. The number of hydrogen-bond acceptors (Lipinski definition) is 6. The van der Waals surface area contributed by atoms with Gasteiger partial charge in [-0.1, -0.05) is 25.5 Å². The monoisotopic (exact) mass is 490 g/mol. The van der Waals surface area contributed by atoms with Crippen molar-refractivity contribution in [1.82, 2.24) is 19.9 Å². The standard InChI is InChI=1S/C29H42N6O/c1-3-5-20(2)32-29-31-18-26-27(19-35(28(26)34-29)24-11-13-25(36)14-12-24)21-7-9-23(10-8-21)33-22-6-4-16-30-17-15-22/h7-10,18-20,22,24-25,30,33,36H,3-6,11-17H2,1-2H3,(H,31,32,34). The Morgan fingerprint density at radius 2 is 1.89 bits per heavy atom. The zero-order valence-corrected chi connectivity index (χ0v) is 21.8. The average molecular weight is 491 g/mol. The molecule has 194 valence electrons. The number of aliphatic hydroxyl groups is 1. The largest absolute Gasteiger partial charge is 0.393 e. The minimum atomic E-state index is -0.173. The van der Waals surface area contributed by atoms with Crippen molar-refractivity contribution in [2.75, 3.05) is 23.7 Å². The number of fused-ring (bicyclic) bond motifs is 1. The highest BCUT2D eigenvalue weighted by Gasteiger charge is 2.24. The lowest BCUT2D eigenvalue weighted by Gasteiger charge is -2.27. The van der Waals surface area contributed by atoms with E-state index < -0.39 is 0 Å². The first-order valence-corrected chi connectivity index (χ1v) is 14.0. The third-order valence-electron chi connectivity index (χ3n) is 7.87. The molecule has 5 rings (SSSR count). The molecule has 2 aromatic heterocycles. The van der Waals surface area contributed by atoms with Gasteiger partial charge in [-0.15, -0.1) is 0 Å². The maximum absolute atomic E-state index is 10.1. The number of anilines is 2. The van der Waals surface area contributed by atoms with Crippen LogP contribution in [0, 0.1) is 0 Å². The predicted molar refractivity (Wildman–Crippen MR) is 149 cm³/mol. The lowest BCUT2D eigenvalue weighted by atomic mass is 9.93. The summed E-state index contributed by atoms with van der Waals surface area (Å²) in [6.07, 6.45) is 13.5. The third kappa shape index (κ3) is 5.84. The Hall–Kier alpha value is -2.64. The molecule has 2 aliphatic rings. The van der Waals surface area contributed by atoms with E-state index in [1.165, 1.54) is 29.7 Å². The van der Waals surface area contributed by atoms with Crippen LogP contribution in [0.3, 0.4) is 0 Å². The van der Waals surface area contributed by atoms with E-state index in [4.69, 9.17) is 9.97 Å². The van der Waals surface area contributed by atoms with Crippen molar-refractivity contribution < 1.29 is 5.11 Å². The third-order valence-corrected chi connectivity index (χ3v) is 7.87. The summed E-state index contributed by atoms with van der Waals surface area (Å²) >= 11 is 0. The van der Waals surface area contributed by atoms with E-state index in [1.54, 1.807) is 0 Å². The van der Waals surface area contributed by atoms with Crippen molar-refractivity contribution in [3.63, 3.8) is 0 Å². The van der Waals surface area contributed by atoms with Gasteiger partial charge >= 0.3 is 0 Å². The van der Waals surface area contributed by atoms with Crippen molar-refractivity contribution in [1.29, 1.82) is 0 Å². The SMILES string of the molecule is CCCC(C)Nc1ncc2c(-c3ccc(NC4CCCNCC4)cc3)cn(C3CCC(O)CC3)c2n1. The summed E-state index contributed by atoms with van der Waals surface area (Å²) < 4.78 is 2.35. The highest BCUT2D eigenvalue weighted by molar-refractivity contribution is 5.94. The van der Waals surface area contributed by atoms with E-state index in [1.807, 2.05) is 6.20 Å². The van der Waals surface area contributed by atoms with E-state index in [0.717, 1.165) is 69.1 Å². The van der Waals surface area contributed by atoms with Crippen LogP contribution in [0.1, 0.15) is 77.7 Å². The number of rotatable bonds is 8. The smallest absolute Gasteiger partial charge is 0.224 e. The first-order valence-electron chi connectivity index (χ1n) is 14.0. The van der Waals surface area contributed by atoms with Crippen LogP contribution in [0.2, 0.25) is 0 Å². The van der Waals surface area contributed by atoms with Gasteiger partial charge in [-0.2, -0.15) is 4.98 Å². The second-order valence-corrected chi connectivity index (χ2v) is 10.8. The van der Waals surface area contributed by atoms with Gasteiger partial charge in [0.05, 0.1) is 6.10 Å². The predicted octanol–water partition coefficient (Wildman–Crippen LogP) is 5.73. The van der Waals surface area contributed by atoms with Gasteiger partial charge < -0.3 is 25.6 Å². The second-order valence-electron chi connectivity index (χ2n) is 10.8. The first kappa shape index (κ1) is 25.0. The molecule has 7 nitrogen and oxygen atoms in total. The molecule has 1 aliphatic heterocycles. The Balaban J connectivity index is 1.43. The summed E-state index contributed by atoms with van der Waals surface area (Å²) in [6, 6.07) is 10.1. The summed E-state index contributed by atoms with van der Waals surface area (Å²) in [5, 5.41) is 21.9. The maximum Gasteiger partial charge on any atom is 0.224 e. The van der Waals surface area contributed by atoms with Gasteiger partial charge in [-0.05, 0) is 89.1 Å². The molecule has 0 amide bonds. The molecule has 2 fully saturated rings. The van der Waals surface area contributed by atoms with E-state index in [9.17, 15) is 5.11 Å². The van der Waals surface area contributed by atoms with E-state index in [0.29, 0.717) is 24.1 Å². The summed E-state index contributed by atoms with van der Waals surface area (Å²) in [6.45, 7) is 6.59. The van der Waals surface area contributed by atoms with Gasteiger partial charge in [0.2, 0.25) is 5.95 Å².